The largest absolute Gasteiger partial charge is 0.356 e. The number of hydrogen-bond acceptors (Lipinski definition) is 3. The molecule has 0 saturated carbocycles. The molecule has 0 amide bonds. The second-order valence-electron chi connectivity index (χ2n) is 7.66. The molecule has 154 valence electrons. The van der Waals surface area contributed by atoms with Gasteiger partial charge >= 0.3 is 0 Å². The molecular weight excluding hydrogens is 449 g/mol. The highest BCUT2D eigenvalue weighted by molar-refractivity contribution is 14.0. The number of piperazine rings is 1. The van der Waals surface area contributed by atoms with E-state index in [-0.39, 0.29) is 24.0 Å². The van der Waals surface area contributed by atoms with Gasteiger partial charge in [-0.15, -0.1) is 24.0 Å². The van der Waals surface area contributed by atoms with Crippen LogP contribution in [0, 0.1) is 5.92 Å². The average molecular weight is 487 g/mol. The van der Waals surface area contributed by atoms with Gasteiger partial charge in [0, 0.05) is 59.9 Å². The summed E-state index contributed by atoms with van der Waals surface area (Å²) in [7, 11) is 6.18. The Hall–Kier alpha value is -0.860. The van der Waals surface area contributed by atoms with E-state index in [1.54, 1.807) is 0 Å². The van der Waals surface area contributed by atoms with E-state index in [9.17, 15) is 0 Å². The Bertz CT molecular complexity index is 552. The maximum absolute atomic E-state index is 4.46. The molecule has 0 aromatic heterocycles. The van der Waals surface area contributed by atoms with Crippen molar-refractivity contribution in [3.05, 3.63) is 35.4 Å². The number of guanidine groups is 1. The maximum Gasteiger partial charge on any atom is 0.193 e. The molecule has 1 saturated heterocycles. The van der Waals surface area contributed by atoms with Crippen LogP contribution in [-0.4, -0.2) is 81.1 Å². The quantitative estimate of drug-likeness (QED) is 0.365. The lowest BCUT2D eigenvalue weighted by Crippen LogP contribution is -2.47. The van der Waals surface area contributed by atoms with Gasteiger partial charge in [-0.3, -0.25) is 4.99 Å². The lowest BCUT2D eigenvalue weighted by atomic mass is 10.1. The Labute approximate surface area is 183 Å². The van der Waals surface area contributed by atoms with Gasteiger partial charge in [0.1, 0.15) is 0 Å². The van der Waals surface area contributed by atoms with Gasteiger partial charge in [-0.25, -0.2) is 0 Å². The average Bonchev–Trinajstić information content (AvgIpc) is 2.64. The first-order chi connectivity index (χ1) is 12.5. The van der Waals surface area contributed by atoms with E-state index in [0.717, 1.165) is 32.0 Å². The fraction of sp³-hybridized carbons (Fsp3) is 0.667. The molecule has 2 rings (SSSR count). The van der Waals surface area contributed by atoms with Crippen LogP contribution in [0.5, 0.6) is 0 Å². The molecule has 1 atom stereocenters. The minimum Gasteiger partial charge on any atom is -0.356 e. The molecule has 0 bridgehead atoms. The highest BCUT2D eigenvalue weighted by Gasteiger charge is 2.16. The number of rotatable bonds is 7. The molecule has 1 heterocycles. The van der Waals surface area contributed by atoms with Crippen molar-refractivity contribution in [2.24, 2.45) is 10.9 Å². The molecule has 27 heavy (non-hydrogen) atoms. The molecule has 1 N–H and O–H groups in total. The van der Waals surface area contributed by atoms with E-state index < -0.39 is 0 Å². The van der Waals surface area contributed by atoms with Crippen molar-refractivity contribution in [2.45, 2.75) is 26.8 Å². The van der Waals surface area contributed by atoms with Gasteiger partial charge in [0.2, 0.25) is 0 Å². The van der Waals surface area contributed by atoms with Crippen molar-refractivity contribution < 1.29 is 0 Å². The van der Waals surface area contributed by atoms with Gasteiger partial charge in [0.25, 0.3) is 0 Å². The summed E-state index contributed by atoms with van der Waals surface area (Å²) in [4.78, 5) is 11.6. The number of aliphatic imine (C=N–C) groups is 1. The van der Waals surface area contributed by atoms with Crippen LogP contribution < -0.4 is 5.32 Å². The van der Waals surface area contributed by atoms with Gasteiger partial charge in [-0.1, -0.05) is 38.1 Å². The fourth-order valence-corrected chi connectivity index (χ4v) is 3.42. The predicted molar refractivity (Wildman–Crippen MR) is 127 cm³/mol. The van der Waals surface area contributed by atoms with E-state index in [2.05, 4.69) is 77.2 Å². The maximum atomic E-state index is 4.46. The number of aryl methyl sites for hydroxylation is 1. The highest BCUT2D eigenvalue weighted by atomic mass is 127. The van der Waals surface area contributed by atoms with Gasteiger partial charge in [0.15, 0.2) is 5.96 Å². The van der Waals surface area contributed by atoms with Crippen molar-refractivity contribution in [2.75, 3.05) is 60.4 Å². The third kappa shape index (κ3) is 8.35. The zero-order valence-electron chi connectivity index (χ0n) is 17.7. The van der Waals surface area contributed by atoms with Gasteiger partial charge in [0.05, 0.1) is 0 Å². The van der Waals surface area contributed by atoms with E-state index in [0.29, 0.717) is 5.92 Å². The second kappa shape index (κ2) is 12.6. The zero-order chi connectivity index (χ0) is 18.9. The number of benzene rings is 1. The summed E-state index contributed by atoms with van der Waals surface area (Å²) < 4.78 is 0. The lowest BCUT2D eigenvalue weighted by Gasteiger charge is -2.34. The van der Waals surface area contributed by atoms with Crippen LogP contribution in [-0.2, 0) is 13.0 Å². The predicted octanol–water partition coefficient (Wildman–Crippen LogP) is 2.76. The summed E-state index contributed by atoms with van der Waals surface area (Å²) in [6.45, 7) is 12.2. The Morgan fingerprint density at radius 3 is 2.30 bits per heavy atom. The van der Waals surface area contributed by atoms with Gasteiger partial charge < -0.3 is 20.0 Å². The normalized spacial score (nSPS) is 17.3. The summed E-state index contributed by atoms with van der Waals surface area (Å²) in [5, 5.41) is 3.55. The summed E-state index contributed by atoms with van der Waals surface area (Å²) in [6, 6.07) is 8.88. The van der Waals surface area contributed by atoms with E-state index in [1.165, 1.54) is 37.3 Å². The Balaban J connectivity index is 0.00000364. The Kier molecular flexibility index (Phi) is 11.3. The topological polar surface area (TPSA) is 34.1 Å². The van der Waals surface area contributed by atoms with E-state index in [4.69, 9.17) is 0 Å². The molecule has 0 spiro atoms. The summed E-state index contributed by atoms with van der Waals surface area (Å²) in [5.41, 5.74) is 2.70. The summed E-state index contributed by atoms with van der Waals surface area (Å²) in [6.07, 6.45) is 1.09. The molecule has 5 nitrogen and oxygen atoms in total. The SMILES string of the molecule is CCc1ccc(CN(C)C(=NC)NCC(C)CN2CCN(C)CC2)cc1.I. The van der Waals surface area contributed by atoms with Crippen molar-refractivity contribution in [1.82, 2.24) is 20.0 Å². The Morgan fingerprint density at radius 1 is 1.15 bits per heavy atom. The molecule has 0 radical (unpaired) electrons. The summed E-state index contributed by atoms with van der Waals surface area (Å²) in [5.74, 6) is 1.57. The van der Waals surface area contributed by atoms with Crippen LogP contribution in [0.1, 0.15) is 25.0 Å². The van der Waals surface area contributed by atoms with Crippen LogP contribution in [0.4, 0.5) is 0 Å². The molecule has 1 aliphatic rings. The monoisotopic (exact) mass is 487 g/mol. The molecule has 0 aliphatic carbocycles. The van der Waals surface area contributed by atoms with Crippen molar-refractivity contribution >= 4 is 29.9 Å². The molecule has 1 unspecified atom stereocenters. The van der Waals surface area contributed by atoms with Crippen LogP contribution in [0.2, 0.25) is 0 Å². The molecule has 1 aromatic carbocycles. The first-order valence-corrected chi connectivity index (χ1v) is 9.92. The standard InChI is InChI=1S/C21H37N5.HI/c1-6-19-7-9-20(10-8-19)17-25(5)21(22-3)23-15-18(2)16-26-13-11-24(4)12-14-26;/h7-10,18H,6,11-17H2,1-5H3,(H,22,23);1H. The fourth-order valence-electron chi connectivity index (χ4n) is 3.42. The highest BCUT2D eigenvalue weighted by Crippen LogP contribution is 2.08. The second-order valence-corrected chi connectivity index (χ2v) is 7.66. The van der Waals surface area contributed by atoms with E-state index >= 15 is 0 Å². The van der Waals surface area contributed by atoms with Gasteiger partial charge in [-0.05, 0) is 30.5 Å². The third-order valence-electron chi connectivity index (χ3n) is 5.20. The number of likely N-dealkylation sites (N-methyl/N-ethyl adjacent to an activating group) is 1. The first-order valence-electron chi connectivity index (χ1n) is 9.92. The molecule has 1 aliphatic heterocycles. The molecular formula is C21H38IN5. The lowest BCUT2D eigenvalue weighted by molar-refractivity contribution is 0.139. The summed E-state index contributed by atoms with van der Waals surface area (Å²) >= 11 is 0. The minimum atomic E-state index is 0. The van der Waals surface area contributed by atoms with Gasteiger partial charge in [-0.2, -0.15) is 0 Å². The third-order valence-corrected chi connectivity index (χ3v) is 5.20. The van der Waals surface area contributed by atoms with Crippen molar-refractivity contribution in [3.63, 3.8) is 0 Å². The zero-order valence-corrected chi connectivity index (χ0v) is 20.1. The van der Waals surface area contributed by atoms with Crippen LogP contribution in [0.25, 0.3) is 0 Å². The van der Waals surface area contributed by atoms with E-state index in [1.807, 2.05) is 7.05 Å². The van der Waals surface area contributed by atoms with Crippen LogP contribution in [0.15, 0.2) is 29.3 Å². The number of nitrogens with one attached hydrogen (secondary N) is 1. The smallest absolute Gasteiger partial charge is 0.193 e. The van der Waals surface area contributed by atoms with Crippen molar-refractivity contribution in [3.8, 4) is 0 Å². The van der Waals surface area contributed by atoms with Crippen LogP contribution in [0.3, 0.4) is 0 Å². The number of hydrogen-bond donors (Lipinski definition) is 1. The van der Waals surface area contributed by atoms with Crippen molar-refractivity contribution in [1.29, 1.82) is 0 Å². The Morgan fingerprint density at radius 2 is 1.74 bits per heavy atom. The first kappa shape index (κ1) is 24.2. The number of nitrogens with zero attached hydrogens (tertiary/aromatic N) is 4. The molecule has 6 heteroatoms. The van der Waals surface area contributed by atoms with Crippen LogP contribution >= 0.6 is 24.0 Å². The molecule has 1 aromatic rings. The number of halogens is 1. The minimum absolute atomic E-state index is 0. The molecule has 1 fully saturated rings.